The Morgan fingerprint density at radius 3 is 2.32 bits per heavy atom. The second-order valence-electron chi connectivity index (χ2n) is 7.77. The molecule has 3 rings (SSSR count). The molecule has 0 bridgehead atoms. The third-order valence-corrected chi connectivity index (χ3v) is 6.54. The summed E-state index contributed by atoms with van der Waals surface area (Å²) in [5, 5.41) is 0. The summed E-state index contributed by atoms with van der Waals surface area (Å²) in [6, 6.07) is 9.83. The summed E-state index contributed by atoms with van der Waals surface area (Å²) in [5.74, 6) is -1.01. The van der Waals surface area contributed by atoms with Crippen LogP contribution in [0.25, 0.3) is 0 Å². The van der Waals surface area contributed by atoms with Gasteiger partial charge in [0.05, 0.1) is 4.90 Å². The summed E-state index contributed by atoms with van der Waals surface area (Å²) in [6.45, 7) is 8.66. The standard InChI is InChI=1S/C21H24F2N2O3S.C2H6.H2/c1-14(15-4-7-18(22)8-5-15)24-29(27,28)19-9-6-16-10-11-25(13-17(16)12-19)20(26)21(2,3)23;1-2;/h4-9,12,14,24H,10-11,13H2,1-3H3;1-2H3;1H/t14-;;/m0../s1. The van der Waals surface area contributed by atoms with Crippen LogP contribution in [0.5, 0.6) is 0 Å². The molecular formula is C23H32F2N2O3S. The smallest absolute Gasteiger partial charge is 0.259 e. The first kappa shape index (κ1) is 24.9. The van der Waals surface area contributed by atoms with Gasteiger partial charge in [-0.05, 0) is 68.1 Å². The lowest BCUT2D eigenvalue weighted by atomic mass is 9.98. The molecule has 1 amide bonds. The monoisotopic (exact) mass is 454 g/mol. The van der Waals surface area contributed by atoms with E-state index in [-0.39, 0.29) is 12.9 Å². The number of nitrogens with one attached hydrogen (secondary N) is 1. The lowest BCUT2D eigenvalue weighted by Gasteiger charge is -2.32. The zero-order valence-corrected chi connectivity index (χ0v) is 19.4. The van der Waals surface area contributed by atoms with Gasteiger partial charge in [-0.2, -0.15) is 0 Å². The molecule has 0 fully saturated rings. The fourth-order valence-corrected chi connectivity index (χ4v) is 4.65. The van der Waals surface area contributed by atoms with Crippen LogP contribution in [0.2, 0.25) is 0 Å². The highest BCUT2D eigenvalue weighted by Crippen LogP contribution is 2.26. The van der Waals surface area contributed by atoms with Crippen molar-refractivity contribution in [1.29, 1.82) is 0 Å². The van der Waals surface area contributed by atoms with Crippen molar-refractivity contribution in [2.45, 2.75) is 64.2 Å². The molecule has 31 heavy (non-hydrogen) atoms. The maximum Gasteiger partial charge on any atom is 0.259 e. The number of carbonyl (C=O) groups is 1. The molecule has 1 atom stereocenters. The van der Waals surface area contributed by atoms with Gasteiger partial charge in [-0.15, -0.1) is 0 Å². The van der Waals surface area contributed by atoms with Crippen molar-refractivity contribution in [1.82, 2.24) is 9.62 Å². The van der Waals surface area contributed by atoms with Crippen molar-refractivity contribution in [2.75, 3.05) is 6.54 Å². The highest BCUT2D eigenvalue weighted by Gasteiger charge is 2.33. The predicted octanol–water partition coefficient (Wildman–Crippen LogP) is 4.77. The molecule has 1 aliphatic heterocycles. The largest absolute Gasteiger partial charge is 0.335 e. The lowest BCUT2D eigenvalue weighted by molar-refractivity contribution is -0.142. The molecule has 0 saturated heterocycles. The zero-order valence-electron chi connectivity index (χ0n) is 18.6. The van der Waals surface area contributed by atoms with Gasteiger partial charge in [-0.3, -0.25) is 4.79 Å². The number of benzene rings is 2. The van der Waals surface area contributed by atoms with Crippen molar-refractivity contribution in [2.24, 2.45) is 0 Å². The number of hydrogen-bond donors (Lipinski definition) is 1. The highest BCUT2D eigenvalue weighted by atomic mass is 32.2. The third-order valence-electron chi connectivity index (χ3n) is 5.00. The van der Waals surface area contributed by atoms with Crippen LogP contribution < -0.4 is 4.72 Å². The summed E-state index contributed by atoms with van der Waals surface area (Å²) >= 11 is 0. The number of nitrogens with zero attached hydrogens (tertiary/aromatic N) is 1. The number of amides is 1. The van der Waals surface area contributed by atoms with E-state index in [1.807, 2.05) is 13.8 Å². The van der Waals surface area contributed by atoms with E-state index < -0.39 is 33.5 Å². The average Bonchev–Trinajstić information content (AvgIpc) is 2.73. The van der Waals surface area contributed by atoms with Gasteiger partial charge < -0.3 is 4.90 Å². The van der Waals surface area contributed by atoms with Crippen LogP contribution in [0.15, 0.2) is 47.4 Å². The summed E-state index contributed by atoms with van der Waals surface area (Å²) in [4.78, 5) is 13.7. The average molecular weight is 455 g/mol. The van der Waals surface area contributed by atoms with Gasteiger partial charge >= 0.3 is 0 Å². The minimum absolute atomic E-state index is 0. The number of rotatable bonds is 5. The number of sulfonamides is 1. The number of carbonyl (C=O) groups excluding carboxylic acids is 1. The molecule has 0 unspecified atom stereocenters. The van der Waals surface area contributed by atoms with Crippen molar-refractivity contribution >= 4 is 15.9 Å². The van der Waals surface area contributed by atoms with Gasteiger partial charge in [0, 0.05) is 20.6 Å². The van der Waals surface area contributed by atoms with Crippen LogP contribution >= 0.6 is 0 Å². The molecule has 1 aliphatic rings. The van der Waals surface area contributed by atoms with E-state index in [0.717, 1.165) is 5.56 Å². The Bertz CT molecular complexity index is 1020. The molecule has 8 heteroatoms. The molecule has 0 radical (unpaired) electrons. The van der Waals surface area contributed by atoms with Gasteiger partial charge in [0.25, 0.3) is 5.91 Å². The van der Waals surface area contributed by atoms with Gasteiger partial charge in [-0.1, -0.05) is 32.0 Å². The van der Waals surface area contributed by atoms with Crippen molar-refractivity contribution in [3.63, 3.8) is 0 Å². The number of alkyl halides is 1. The Hall–Kier alpha value is -2.32. The van der Waals surface area contributed by atoms with Crippen LogP contribution in [0.4, 0.5) is 8.78 Å². The van der Waals surface area contributed by atoms with Crippen molar-refractivity contribution < 1.29 is 23.4 Å². The topological polar surface area (TPSA) is 66.5 Å². The summed E-state index contributed by atoms with van der Waals surface area (Å²) in [7, 11) is -3.84. The first-order valence-corrected chi connectivity index (χ1v) is 11.8. The molecular weight excluding hydrogens is 422 g/mol. The van der Waals surface area contributed by atoms with E-state index >= 15 is 0 Å². The van der Waals surface area contributed by atoms with E-state index in [0.29, 0.717) is 24.1 Å². The van der Waals surface area contributed by atoms with Gasteiger partial charge in [0.15, 0.2) is 5.67 Å². The van der Waals surface area contributed by atoms with E-state index in [2.05, 4.69) is 4.72 Å². The Morgan fingerprint density at radius 1 is 1.13 bits per heavy atom. The normalized spacial score (nSPS) is 14.9. The van der Waals surface area contributed by atoms with E-state index in [1.54, 1.807) is 13.0 Å². The number of halogens is 2. The van der Waals surface area contributed by atoms with Crippen LogP contribution in [0, 0.1) is 5.82 Å². The first-order chi connectivity index (χ1) is 14.5. The third kappa shape index (κ3) is 6.11. The SMILES string of the molecule is CC.C[C@H](NS(=O)(=O)c1ccc2c(c1)CN(C(=O)C(C)(C)F)CC2)c1ccc(F)cc1.[HH]. The molecule has 0 aromatic heterocycles. The van der Waals surface area contributed by atoms with Crippen LogP contribution in [-0.4, -0.2) is 31.4 Å². The fourth-order valence-electron chi connectivity index (χ4n) is 3.37. The molecule has 2 aromatic rings. The molecule has 5 nitrogen and oxygen atoms in total. The Morgan fingerprint density at radius 2 is 1.74 bits per heavy atom. The minimum atomic E-state index is -3.84. The molecule has 172 valence electrons. The molecule has 0 saturated carbocycles. The second kappa shape index (κ2) is 9.87. The highest BCUT2D eigenvalue weighted by molar-refractivity contribution is 7.89. The maximum absolute atomic E-state index is 14.0. The Labute approximate surface area is 185 Å². The quantitative estimate of drug-likeness (QED) is 0.708. The molecule has 1 heterocycles. The van der Waals surface area contributed by atoms with Crippen molar-refractivity contribution in [3.05, 3.63) is 65.0 Å². The van der Waals surface area contributed by atoms with E-state index in [9.17, 15) is 22.0 Å². The first-order valence-electron chi connectivity index (χ1n) is 10.4. The van der Waals surface area contributed by atoms with E-state index in [1.165, 1.54) is 55.1 Å². The molecule has 0 aliphatic carbocycles. The van der Waals surface area contributed by atoms with Crippen molar-refractivity contribution in [3.8, 4) is 0 Å². The van der Waals surface area contributed by atoms with Crippen LogP contribution in [-0.2, 0) is 27.8 Å². The number of fused-ring (bicyclic) bond motifs is 1. The summed E-state index contributed by atoms with van der Waals surface area (Å²) in [6.07, 6.45) is 0.539. The summed E-state index contributed by atoms with van der Waals surface area (Å²) < 4.78 is 55.3. The van der Waals surface area contributed by atoms with Gasteiger partial charge in [-0.25, -0.2) is 21.9 Å². The van der Waals surface area contributed by atoms with Gasteiger partial charge in [0.1, 0.15) is 5.82 Å². The minimum Gasteiger partial charge on any atom is -0.335 e. The zero-order chi connectivity index (χ0) is 23.4. The predicted molar refractivity (Wildman–Crippen MR) is 119 cm³/mol. The molecule has 1 N–H and O–H groups in total. The fraction of sp³-hybridized carbons (Fsp3) is 0.435. The molecule has 2 aromatic carbocycles. The number of hydrogen-bond acceptors (Lipinski definition) is 3. The van der Waals surface area contributed by atoms with E-state index in [4.69, 9.17) is 0 Å². The lowest BCUT2D eigenvalue weighted by Crippen LogP contribution is -2.45. The van der Waals surface area contributed by atoms with Crippen LogP contribution in [0.3, 0.4) is 0 Å². The van der Waals surface area contributed by atoms with Gasteiger partial charge in [0.2, 0.25) is 10.0 Å². The molecule has 0 spiro atoms. The summed E-state index contributed by atoms with van der Waals surface area (Å²) in [5.41, 5.74) is 0.283. The maximum atomic E-state index is 14.0. The Balaban J connectivity index is 0.00000166. The second-order valence-corrected chi connectivity index (χ2v) is 9.49. The Kier molecular flexibility index (Phi) is 7.94. The van der Waals surface area contributed by atoms with Crippen LogP contribution in [0.1, 0.15) is 58.8 Å².